The maximum absolute atomic E-state index is 13.8. The lowest BCUT2D eigenvalue weighted by Gasteiger charge is -2.35. The van der Waals surface area contributed by atoms with Crippen LogP contribution in [0.1, 0.15) is 35.7 Å². The molecule has 0 bridgehead atoms. The van der Waals surface area contributed by atoms with Gasteiger partial charge in [0.1, 0.15) is 5.75 Å². The van der Waals surface area contributed by atoms with Gasteiger partial charge in [-0.2, -0.15) is 0 Å². The van der Waals surface area contributed by atoms with E-state index in [0.29, 0.717) is 30.7 Å². The molecule has 1 fully saturated rings. The number of methoxy groups -OCH3 is 1. The molecule has 0 aliphatic carbocycles. The maximum atomic E-state index is 13.8. The van der Waals surface area contributed by atoms with Crippen LogP contribution >= 0.6 is 0 Å². The Kier molecular flexibility index (Phi) is 6.74. The number of likely N-dealkylation sites (tertiary alicyclic amines) is 1. The predicted octanol–water partition coefficient (Wildman–Crippen LogP) is 4.35. The van der Waals surface area contributed by atoms with Crippen molar-refractivity contribution in [3.8, 4) is 11.4 Å². The zero-order valence-corrected chi connectivity index (χ0v) is 18.8. The fraction of sp³-hybridized carbons (Fsp3) is 0.280. The number of hydrogen-bond donors (Lipinski definition) is 1. The van der Waals surface area contributed by atoms with Crippen molar-refractivity contribution in [3.63, 3.8) is 0 Å². The number of carbonyl (C=O) groups excluding carboxylic acids is 1. The topological polar surface area (TPSA) is 67.6 Å². The van der Waals surface area contributed by atoms with Crippen LogP contribution in [0.4, 0.5) is 13.2 Å². The van der Waals surface area contributed by atoms with Gasteiger partial charge in [0.15, 0.2) is 17.5 Å². The molecule has 1 aliphatic rings. The average Bonchev–Trinajstić information content (AvgIpc) is 3.26. The molecule has 1 saturated heterocycles. The third-order valence-electron chi connectivity index (χ3n) is 5.86. The van der Waals surface area contributed by atoms with Crippen LogP contribution in [0.25, 0.3) is 11.8 Å². The van der Waals surface area contributed by atoms with Crippen molar-refractivity contribution < 1.29 is 27.8 Å². The quantitative estimate of drug-likeness (QED) is 0.429. The molecule has 1 atom stereocenters. The van der Waals surface area contributed by atoms with E-state index in [0.717, 1.165) is 29.1 Å². The first kappa shape index (κ1) is 23.6. The lowest BCUT2D eigenvalue weighted by atomic mass is 9.96. The summed E-state index contributed by atoms with van der Waals surface area (Å²) in [4.78, 5) is 18.8. The lowest BCUT2D eigenvalue weighted by molar-refractivity contribution is -0.132. The number of amides is 1. The van der Waals surface area contributed by atoms with Gasteiger partial charge in [-0.1, -0.05) is 6.07 Å². The summed E-state index contributed by atoms with van der Waals surface area (Å²) in [5, 5.41) is 9.91. The van der Waals surface area contributed by atoms with E-state index >= 15 is 0 Å². The third kappa shape index (κ3) is 4.56. The van der Waals surface area contributed by atoms with E-state index in [2.05, 4.69) is 4.98 Å². The number of nitrogens with zero attached hydrogens (tertiary/aromatic N) is 3. The Morgan fingerprint density at radius 3 is 2.56 bits per heavy atom. The second-order valence-corrected chi connectivity index (χ2v) is 8.12. The van der Waals surface area contributed by atoms with Crippen molar-refractivity contribution in [1.29, 1.82) is 0 Å². The molecule has 9 heteroatoms. The first-order valence-electron chi connectivity index (χ1n) is 10.8. The number of benzene rings is 2. The van der Waals surface area contributed by atoms with Crippen molar-refractivity contribution in [2.45, 2.75) is 25.8 Å². The van der Waals surface area contributed by atoms with Gasteiger partial charge in [0, 0.05) is 18.3 Å². The fourth-order valence-corrected chi connectivity index (χ4v) is 4.17. The lowest BCUT2D eigenvalue weighted by Crippen LogP contribution is -2.41. The Bertz CT molecular complexity index is 1230. The molecular weight excluding hydrogens is 447 g/mol. The largest absolute Gasteiger partial charge is 0.495 e. The maximum Gasteiger partial charge on any atom is 0.250 e. The molecule has 6 nitrogen and oxygen atoms in total. The van der Waals surface area contributed by atoms with E-state index in [-0.39, 0.29) is 11.5 Å². The monoisotopic (exact) mass is 471 g/mol. The highest BCUT2D eigenvalue weighted by Gasteiger charge is 2.31. The Morgan fingerprint density at radius 2 is 1.94 bits per heavy atom. The van der Waals surface area contributed by atoms with E-state index in [9.17, 15) is 23.1 Å². The van der Waals surface area contributed by atoms with Crippen LogP contribution in [0.5, 0.6) is 5.75 Å². The molecule has 1 N–H and O–H groups in total. The molecule has 3 aromatic rings. The summed E-state index contributed by atoms with van der Waals surface area (Å²) in [6.07, 6.45) is 6.40. The van der Waals surface area contributed by atoms with Crippen LogP contribution in [0, 0.1) is 24.4 Å². The van der Waals surface area contributed by atoms with Crippen LogP contribution < -0.4 is 4.74 Å². The molecule has 0 radical (unpaired) electrons. The van der Waals surface area contributed by atoms with Gasteiger partial charge in [0.2, 0.25) is 5.91 Å². The van der Waals surface area contributed by atoms with Crippen LogP contribution in [-0.4, -0.2) is 45.7 Å². The molecule has 1 aromatic heterocycles. The highest BCUT2D eigenvalue weighted by molar-refractivity contribution is 5.98. The first-order valence-corrected chi connectivity index (χ1v) is 10.8. The second kappa shape index (κ2) is 9.72. The predicted molar refractivity (Wildman–Crippen MR) is 120 cm³/mol. The second-order valence-electron chi connectivity index (χ2n) is 8.12. The van der Waals surface area contributed by atoms with Gasteiger partial charge in [0.25, 0.3) is 0 Å². The molecular formula is C25H24F3N3O3. The summed E-state index contributed by atoms with van der Waals surface area (Å²) in [5.41, 5.74) is 2.88. The number of imidazole rings is 1. The molecule has 2 aromatic carbocycles. The van der Waals surface area contributed by atoms with E-state index in [1.54, 1.807) is 25.6 Å². The van der Waals surface area contributed by atoms with Crippen LogP contribution in [0.2, 0.25) is 0 Å². The minimum absolute atomic E-state index is 0.00449. The molecule has 178 valence electrons. The number of hydrogen-bond acceptors (Lipinski definition) is 4. The zero-order valence-electron chi connectivity index (χ0n) is 18.8. The van der Waals surface area contributed by atoms with Crippen molar-refractivity contribution >= 4 is 12.0 Å². The van der Waals surface area contributed by atoms with Gasteiger partial charge in [-0.15, -0.1) is 0 Å². The number of aromatic nitrogens is 2. The van der Waals surface area contributed by atoms with E-state index in [1.807, 2.05) is 29.8 Å². The van der Waals surface area contributed by atoms with Gasteiger partial charge >= 0.3 is 0 Å². The van der Waals surface area contributed by atoms with Crippen molar-refractivity contribution in [2.24, 2.45) is 0 Å². The van der Waals surface area contributed by atoms with E-state index < -0.39 is 30.1 Å². The summed E-state index contributed by atoms with van der Waals surface area (Å²) >= 11 is 0. The molecule has 34 heavy (non-hydrogen) atoms. The van der Waals surface area contributed by atoms with Crippen molar-refractivity contribution in [2.75, 3.05) is 20.3 Å². The Balaban J connectivity index is 1.63. The fourth-order valence-electron chi connectivity index (χ4n) is 4.17. The number of rotatable bonds is 6. The van der Waals surface area contributed by atoms with E-state index in [4.69, 9.17) is 4.74 Å². The molecule has 0 spiro atoms. The Morgan fingerprint density at radius 1 is 1.21 bits per heavy atom. The highest BCUT2D eigenvalue weighted by Crippen LogP contribution is 2.31. The van der Waals surface area contributed by atoms with Gasteiger partial charge < -0.3 is 19.3 Å². The van der Waals surface area contributed by atoms with E-state index in [1.165, 1.54) is 4.90 Å². The summed E-state index contributed by atoms with van der Waals surface area (Å²) in [6, 6.07) is 6.14. The normalized spacial score (nSPS) is 16.2. The van der Waals surface area contributed by atoms with Gasteiger partial charge in [-0.05, 0) is 61.2 Å². The summed E-state index contributed by atoms with van der Waals surface area (Å²) in [5.74, 6) is -4.08. The Hall–Kier alpha value is -3.59. The highest BCUT2D eigenvalue weighted by atomic mass is 19.2. The van der Waals surface area contributed by atoms with Crippen LogP contribution in [0.15, 0.2) is 48.4 Å². The molecule has 1 unspecified atom stereocenters. The molecule has 4 rings (SSSR count). The third-order valence-corrected chi connectivity index (χ3v) is 5.86. The number of aliphatic hydroxyl groups is 1. The molecule has 1 amide bonds. The van der Waals surface area contributed by atoms with Crippen LogP contribution in [0.3, 0.4) is 0 Å². The molecule has 1 aliphatic heterocycles. The standard InChI is InChI=1S/C25H24F3N3O3/c1-15-12-30(14-29-15)21-6-5-16(9-23(21)34-2)8-17-4-3-7-31(25(17)33)22(13-32)18-10-19(26)24(28)20(27)11-18/h5-6,8-12,14,22,32H,3-4,7,13H2,1-2H3/b17-8+. The smallest absolute Gasteiger partial charge is 0.250 e. The number of carbonyl (C=O) groups is 1. The minimum Gasteiger partial charge on any atom is -0.495 e. The number of aliphatic hydroxyl groups excluding tert-OH is 1. The minimum atomic E-state index is -1.59. The van der Waals surface area contributed by atoms with Gasteiger partial charge in [0.05, 0.1) is 37.5 Å². The van der Waals surface area contributed by atoms with Gasteiger partial charge in [-0.25, -0.2) is 18.2 Å². The SMILES string of the molecule is COc1cc(/C=C2\CCCN(C(CO)c3cc(F)c(F)c(F)c3)C2=O)ccc1-n1cnc(C)c1. The van der Waals surface area contributed by atoms with Gasteiger partial charge in [-0.3, -0.25) is 4.79 Å². The summed E-state index contributed by atoms with van der Waals surface area (Å²) in [6.45, 7) is 1.62. The van der Waals surface area contributed by atoms with Crippen molar-refractivity contribution in [3.05, 3.63) is 82.7 Å². The van der Waals surface area contributed by atoms with Crippen molar-refractivity contribution in [1.82, 2.24) is 14.5 Å². The molecule has 2 heterocycles. The Labute approximate surface area is 194 Å². The molecule has 0 saturated carbocycles. The van der Waals surface area contributed by atoms with Crippen LogP contribution in [-0.2, 0) is 4.79 Å². The number of piperidine rings is 1. The number of ether oxygens (including phenoxy) is 1. The number of aryl methyl sites for hydroxylation is 1. The average molecular weight is 471 g/mol. The summed E-state index contributed by atoms with van der Waals surface area (Å²) < 4.78 is 48.3. The summed E-state index contributed by atoms with van der Waals surface area (Å²) in [7, 11) is 1.56. The number of halogens is 3. The zero-order chi connectivity index (χ0) is 24.4. The first-order chi connectivity index (χ1) is 16.3.